The molecule has 0 saturated heterocycles. The monoisotopic (exact) mass is 354 g/mol. The average molecular weight is 354 g/mol. The first-order chi connectivity index (χ1) is 11.8. The minimum Gasteiger partial charge on any atom is -0.502 e. The number of halogens is 3. The predicted octanol–water partition coefficient (Wildman–Crippen LogP) is 4.43. The number of alkyl halides is 2. The number of benzene rings is 1. The summed E-state index contributed by atoms with van der Waals surface area (Å²) in [5, 5.41) is 9.66. The van der Waals surface area contributed by atoms with Gasteiger partial charge in [-0.1, -0.05) is 0 Å². The molecule has 0 aliphatic heterocycles. The third-order valence-corrected chi connectivity index (χ3v) is 4.71. The van der Waals surface area contributed by atoms with Crippen LogP contribution in [0, 0.1) is 11.7 Å². The molecular formula is C18H17F3O4. The van der Waals surface area contributed by atoms with Gasteiger partial charge in [0.1, 0.15) is 0 Å². The van der Waals surface area contributed by atoms with Crippen LogP contribution in [0.15, 0.2) is 27.4 Å². The Labute approximate surface area is 141 Å². The summed E-state index contributed by atoms with van der Waals surface area (Å²) in [5.74, 6) is -5.10. The lowest BCUT2D eigenvalue weighted by Gasteiger charge is -2.27. The lowest BCUT2D eigenvalue weighted by atomic mass is 9.83. The first-order valence-electron chi connectivity index (χ1n) is 8.13. The van der Waals surface area contributed by atoms with Crippen LogP contribution in [0.1, 0.15) is 49.1 Å². The van der Waals surface area contributed by atoms with Crippen LogP contribution in [0.5, 0.6) is 5.75 Å². The lowest BCUT2D eigenvalue weighted by molar-refractivity contribution is -0.0464. The van der Waals surface area contributed by atoms with Gasteiger partial charge < -0.3 is 9.52 Å². The first-order valence-corrected chi connectivity index (χ1v) is 8.13. The maximum atomic E-state index is 13.4. The van der Waals surface area contributed by atoms with Crippen LogP contribution in [0.4, 0.5) is 13.2 Å². The van der Waals surface area contributed by atoms with Gasteiger partial charge in [0.2, 0.25) is 5.92 Å². The summed E-state index contributed by atoms with van der Waals surface area (Å²) in [6.07, 6.45) is 0.822. The maximum Gasteiger partial charge on any atom is 0.248 e. The highest BCUT2D eigenvalue weighted by molar-refractivity contribution is 5.95. The normalized spacial score (nSPS) is 17.7. The number of rotatable bonds is 4. The van der Waals surface area contributed by atoms with Gasteiger partial charge in [-0.25, -0.2) is 13.2 Å². The van der Waals surface area contributed by atoms with Gasteiger partial charge in [0.25, 0.3) is 0 Å². The SMILES string of the molecule is O=C(CCC1CCC(F)(F)CC1)c1cc(=O)c2ccc(F)c(O)c2o1. The summed E-state index contributed by atoms with van der Waals surface area (Å²) in [5.41, 5.74) is -0.926. The van der Waals surface area contributed by atoms with Crippen LogP contribution in [0.25, 0.3) is 11.0 Å². The van der Waals surface area contributed by atoms with E-state index < -0.39 is 28.7 Å². The van der Waals surface area contributed by atoms with Crippen molar-refractivity contribution in [2.75, 3.05) is 0 Å². The molecule has 134 valence electrons. The Bertz CT molecular complexity index is 862. The van der Waals surface area contributed by atoms with Crippen LogP contribution in [-0.4, -0.2) is 16.8 Å². The molecule has 3 rings (SSSR count). The molecule has 1 aliphatic carbocycles. The van der Waals surface area contributed by atoms with E-state index in [1.165, 1.54) is 6.07 Å². The summed E-state index contributed by atoms with van der Waals surface area (Å²) in [6.45, 7) is 0. The van der Waals surface area contributed by atoms with Crippen molar-refractivity contribution in [1.29, 1.82) is 0 Å². The third kappa shape index (κ3) is 3.70. The highest BCUT2D eigenvalue weighted by Crippen LogP contribution is 2.38. The predicted molar refractivity (Wildman–Crippen MR) is 84.6 cm³/mol. The standard InChI is InChI=1S/C18H17F3O4/c19-12-3-2-11-14(23)9-15(25-17(11)16(12)24)13(22)4-1-10-5-7-18(20,21)8-6-10/h2-3,9-10,24H,1,4-8H2. The Balaban J connectivity index is 1.74. The Hall–Kier alpha value is -2.31. The third-order valence-electron chi connectivity index (χ3n) is 4.71. The van der Waals surface area contributed by atoms with Crippen molar-refractivity contribution in [3.05, 3.63) is 40.0 Å². The summed E-state index contributed by atoms with van der Waals surface area (Å²) >= 11 is 0. The van der Waals surface area contributed by atoms with Crippen molar-refractivity contribution in [2.45, 2.75) is 44.4 Å². The number of aromatic hydroxyl groups is 1. The minimum atomic E-state index is -2.62. The molecule has 25 heavy (non-hydrogen) atoms. The number of hydrogen-bond donors (Lipinski definition) is 1. The topological polar surface area (TPSA) is 67.5 Å². The molecule has 1 aromatic carbocycles. The largest absolute Gasteiger partial charge is 0.502 e. The van der Waals surface area contributed by atoms with Crippen molar-refractivity contribution in [3.8, 4) is 5.75 Å². The molecule has 0 bridgehead atoms. The first kappa shape index (κ1) is 17.5. The number of fused-ring (bicyclic) bond motifs is 1. The van der Waals surface area contributed by atoms with Gasteiger partial charge in [-0.2, -0.15) is 0 Å². The van der Waals surface area contributed by atoms with Gasteiger partial charge in [-0.3, -0.25) is 9.59 Å². The fourth-order valence-electron chi connectivity index (χ4n) is 3.17. The van der Waals surface area contributed by atoms with E-state index in [0.717, 1.165) is 12.1 Å². The van der Waals surface area contributed by atoms with Gasteiger partial charge >= 0.3 is 0 Å². The van der Waals surface area contributed by atoms with Crippen molar-refractivity contribution >= 4 is 16.8 Å². The molecule has 1 saturated carbocycles. The van der Waals surface area contributed by atoms with Crippen LogP contribution < -0.4 is 5.43 Å². The van der Waals surface area contributed by atoms with E-state index in [0.29, 0.717) is 19.3 Å². The minimum absolute atomic E-state index is 0.0232. The Morgan fingerprint density at radius 3 is 2.64 bits per heavy atom. The zero-order valence-corrected chi connectivity index (χ0v) is 13.4. The molecule has 7 heteroatoms. The van der Waals surface area contributed by atoms with E-state index in [1.54, 1.807) is 0 Å². The van der Waals surface area contributed by atoms with Crippen LogP contribution in [0.2, 0.25) is 0 Å². The quantitative estimate of drug-likeness (QED) is 0.825. The van der Waals surface area contributed by atoms with Crippen molar-refractivity contribution in [3.63, 3.8) is 0 Å². The molecule has 0 radical (unpaired) electrons. The van der Waals surface area contributed by atoms with Gasteiger partial charge in [0.15, 0.2) is 34.1 Å². The Morgan fingerprint density at radius 1 is 1.28 bits per heavy atom. The fraction of sp³-hybridized carbons (Fsp3) is 0.444. The maximum absolute atomic E-state index is 13.4. The molecule has 2 aromatic rings. The van der Waals surface area contributed by atoms with Gasteiger partial charge in [0.05, 0.1) is 5.39 Å². The van der Waals surface area contributed by atoms with Crippen molar-refractivity contribution < 1.29 is 27.5 Å². The number of phenols is 1. The number of phenolic OH excluding ortho intramolecular Hbond substituents is 1. The second-order valence-corrected chi connectivity index (χ2v) is 6.51. The molecule has 1 fully saturated rings. The molecule has 1 aromatic heterocycles. The van der Waals surface area contributed by atoms with Crippen molar-refractivity contribution in [2.24, 2.45) is 5.92 Å². The molecule has 1 N–H and O–H groups in total. The highest BCUT2D eigenvalue weighted by atomic mass is 19.3. The molecular weight excluding hydrogens is 337 g/mol. The number of ketones is 1. The second kappa shape index (κ2) is 6.54. The van der Waals surface area contributed by atoms with E-state index in [9.17, 15) is 27.9 Å². The summed E-state index contributed by atoms with van der Waals surface area (Å²) in [4.78, 5) is 24.3. The molecule has 4 nitrogen and oxygen atoms in total. The van der Waals surface area contributed by atoms with Gasteiger partial charge in [0, 0.05) is 25.3 Å². The van der Waals surface area contributed by atoms with Crippen molar-refractivity contribution in [1.82, 2.24) is 0 Å². The molecule has 0 atom stereocenters. The molecule has 0 spiro atoms. The molecule has 0 amide bonds. The molecule has 1 aliphatic rings. The van der Waals surface area contributed by atoms with Crippen LogP contribution in [-0.2, 0) is 0 Å². The number of carbonyl (C=O) groups excluding carboxylic acids is 1. The Morgan fingerprint density at radius 2 is 1.96 bits per heavy atom. The Kier molecular flexibility index (Phi) is 4.58. The van der Waals surface area contributed by atoms with E-state index in [4.69, 9.17) is 4.42 Å². The highest BCUT2D eigenvalue weighted by Gasteiger charge is 2.34. The van der Waals surface area contributed by atoms with E-state index >= 15 is 0 Å². The zero-order chi connectivity index (χ0) is 18.2. The fourth-order valence-corrected chi connectivity index (χ4v) is 3.17. The van der Waals surface area contributed by atoms with Crippen LogP contribution >= 0.6 is 0 Å². The van der Waals surface area contributed by atoms with E-state index in [2.05, 4.69) is 0 Å². The zero-order valence-electron chi connectivity index (χ0n) is 13.4. The van der Waals surface area contributed by atoms with E-state index in [1.807, 2.05) is 0 Å². The average Bonchev–Trinajstić information content (AvgIpc) is 2.57. The lowest BCUT2D eigenvalue weighted by Crippen LogP contribution is -2.24. The summed E-state index contributed by atoms with van der Waals surface area (Å²) in [6, 6.07) is 3.12. The van der Waals surface area contributed by atoms with Gasteiger partial charge in [-0.05, 0) is 37.3 Å². The second-order valence-electron chi connectivity index (χ2n) is 6.51. The van der Waals surface area contributed by atoms with E-state index in [-0.39, 0.29) is 41.9 Å². The number of carbonyl (C=O) groups is 1. The number of hydrogen-bond acceptors (Lipinski definition) is 4. The molecule has 0 unspecified atom stereocenters. The smallest absolute Gasteiger partial charge is 0.248 e. The van der Waals surface area contributed by atoms with Crippen LogP contribution in [0.3, 0.4) is 0 Å². The summed E-state index contributed by atoms with van der Waals surface area (Å²) in [7, 11) is 0. The van der Waals surface area contributed by atoms with Gasteiger partial charge in [-0.15, -0.1) is 0 Å². The summed E-state index contributed by atoms with van der Waals surface area (Å²) < 4.78 is 44.9. The molecule has 1 heterocycles. The number of Topliss-reactive ketones (excluding diaryl/α,β-unsaturated/α-hetero) is 1.